The van der Waals surface area contributed by atoms with E-state index in [4.69, 9.17) is 5.73 Å². The zero-order valence-corrected chi connectivity index (χ0v) is 12.9. The van der Waals surface area contributed by atoms with Crippen molar-refractivity contribution in [1.82, 2.24) is 9.29 Å². The van der Waals surface area contributed by atoms with Crippen LogP contribution in [-0.4, -0.2) is 30.8 Å². The van der Waals surface area contributed by atoms with Gasteiger partial charge < -0.3 is 5.73 Å². The standard InChI is InChI=1S/C14H23N3O2S/c1-11-5-3-4-6-14(11)17(2)20(18,19)13-8-7-12(9-15)16-10-13/h7-8,10-11,14H,3-6,9,15H2,1-2H3. The smallest absolute Gasteiger partial charge is 0.244 e. The van der Waals surface area contributed by atoms with Crippen molar-refractivity contribution in [3.05, 3.63) is 24.0 Å². The van der Waals surface area contributed by atoms with Gasteiger partial charge in [0.1, 0.15) is 4.90 Å². The molecular weight excluding hydrogens is 274 g/mol. The molecule has 5 nitrogen and oxygen atoms in total. The molecule has 1 aliphatic rings. The van der Waals surface area contributed by atoms with Gasteiger partial charge in [-0.25, -0.2) is 8.42 Å². The molecule has 2 unspecified atom stereocenters. The monoisotopic (exact) mass is 297 g/mol. The van der Waals surface area contributed by atoms with E-state index in [1.165, 1.54) is 16.9 Å². The SMILES string of the molecule is CC1CCCCC1N(C)S(=O)(=O)c1ccc(CN)nc1. The fraction of sp³-hybridized carbons (Fsp3) is 0.643. The lowest BCUT2D eigenvalue weighted by atomic mass is 9.86. The Kier molecular flexibility index (Phi) is 4.78. The molecule has 6 heteroatoms. The minimum Gasteiger partial charge on any atom is -0.325 e. The van der Waals surface area contributed by atoms with E-state index in [-0.39, 0.29) is 10.9 Å². The minimum atomic E-state index is -3.47. The molecule has 20 heavy (non-hydrogen) atoms. The van der Waals surface area contributed by atoms with E-state index in [0.29, 0.717) is 18.2 Å². The highest BCUT2D eigenvalue weighted by Gasteiger charge is 2.33. The predicted molar refractivity (Wildman–Crippen MR) is 78.5 cm³/mol. The normalized spacial score (nSPS) is 24.0. The summed E-state index contributed by atoms with van der Waals surface area (Å²) in [6, 6.07) is 3.35. The Morgan fingerprint density at radius 2 is 2.05 bits per heavy atom. The number of hydrogen-bond acceptors (Lipinski definition) is 4. The maximum atomic E-state index is 12.6. The van der Waals surface area contributed by atoms with E-state index < -0.39 is 10.0 Å². The molecule has 1 aromatic rings. The van der Waals surface area contributed by atoms with Gasteiger partial charge >= 0.3 is 0 Å². The van der Waals surface area contributed by atoms with Crippen LogP contribution in [0.1, 0.15) is 38.3 Å². The molecule has 112 valence electrons. The number of sulfonamides is 1. The van der Waals surface area contributed by atoms with Crippen molar-refractivity contribution in [2.75, 3.05) is 7.05 Å². The van der Waals surface area contributed by atoms with E-state index in [2.05, 4.69) is 11.9 Å². The molecule has 0 aromatic carbocycles. The largest absolute Gasteiger partial charge is 0.325 e. The lowest BCUT2D eigenvalue weighted by Gasteiger charge is -2.35. The van der Waals surface area contributed by atoms with Crippen molar-refractivity contribution >= 4 is 10.0 Å². The van der Waals surface area contributed by atoms with Crippen LogP contribution in [-0.2, 0) is 16.6 Å². The third-order valence-electron chi connectivity index (χ3n) is 4.22. The van der Waals surface area contributed by atoms with Gasteiger partial charge in [0.05, 0.1) is 5.69 Å². The van der Waals surface area contributed by atoms with Gasteiger partial charge in [-0.05, 0) is 30.9 Å². The number of pyridine rings is 1. The third kappa shape index (κ3) is 3.02. The lowest BCUT2D eigenvalue weighted by Crippen LogP contribution is -2.42. The molecule has 0 radical (unpaired) electrons. The predicted octanol–water partition coefficient (Wildman–Crippen LogP) is 1.74. The molecule has 0 saturated heterocycles. The van der Waals surface area contributed by atoms with Gasteiger partial charge in [-0.15, -0.1) is 0 Å². The van der Waals surface area contributed by atoms with Crippen LogP contribution in [0.15, 0.2) is 23.2 Å². The van der Waals surface area contributed by atoms with Crippen LogP contribution in [0.25, 0.3) is 0 Å². The summed E-state index contributed by atoms with van der Waals surface area (Å²) in [7, 11) is -1.79. The van der Waals surface area contributed by atoms with E-state index in [9.17, 15) is 8.42 Å². The highest BCUT2D eigenvalue weighted by Crippen LogP contribution is 2.30. The van der Waals surface area contributed by atoms with Crippen molar-refractivity contribution < 1.29 is 8.42 Å². The van der Waals surface area contributed by atoms with Crippen LogP contribution in [0.2, 0.25) is 0 Å². The number of nitrogens with zero attached hydrogens (tertiary/aromatic N) is 2. The van der Waals surface area contributed by atoms with Gasteiger partial charge in [-0.3, -0.25) is 4.98 Å². The second-order valence-electron chi connectivity index (χ2n) is 5.54. The Morgan fingerprint density at radius 3 is 2.60 bits per heavy atom. The van der Waals surface area contributed by atoms with Gasteiger partial charge in [0.2, 0.25) is 10.0 Å². The second kappa shape index (κ2) is 6.20. The first-order chi connectivity index (χ1) is 9.46. The van der Waals surface area contributed by atoms with Crippen molar-refractivity contribution in [2.45, 2.75) is 50.1 Å². The van der Waals surface area contributed by atoms with Crippen LogP contribution < -0.4 is 5.73 Å². The summed E-state index contributed by atoms with van der Waals surface area (Å²) in [6.45, 7) is 2.45. The fourth-order valence-corrected chi connectivity index (χ4v) is 4.29. The molecule has 1 saturated carbocycles. The first-order valence-electron chi connectivity index (χ1n) is 7.10. The maximum absolute atomic E-state index is 12.6. The Balaban J connectivity index is 2.23. The van der Waals surface area contributed by atoms with Crippen LogP contribution in [0.3, 0.4) is 0 Å². The average molecular weight is 297 g/mol. The lowest BCUT2D eigenvalue weighted by molar-refractivity contribution is 0.213. The first-order valence-corrected chi connectivity index (χ1v) is 8.54. The summed E-state index contributed by atoms with van der Waals surface area (Å²) in [5.74, 6) is 0.403. The number of nitrogens with two attached hydrogens (primary N) is 1. The van der Waals surface area contributed by atoms with Crippen molar-refractivity contribution in [3.63, 3.8) is 0 Å². The van der Waals surface area contributed by atoms with Gasteiger partial charge in [-0.1, -0.05) is 19.8 Å². The summed E-state index contributed by atoms with van der Waals surface area (Å²) >= 11 is 0. The summed E-state index contributed by atoms with van der Waals surface area (Å²) in [4.78, 5) is 4.32. The van der Waals surface area contributed by atoms with E-state index in [1.54, 1.807) is 19.2 Å². The Bertz CT molecular complexity index is 542. The van der Waals surface area contributed by atoms with E-state index in [1.807, 2.05) is 0 Å². The number of hydrogen-bond donors (Lipinski definition) is 1. The van der Waals surface area contributed by atoms with Crippen LogP contribution in [0.5, 0.6) is 0 Å². The molecule has 1 fully saturated rings. The van der Waals surface area contributed by atoms with Crippen LogP contribution >= 0.6 is 0 Å². The van der Waals surface area contributed by atoms with Gasteiger partial charge in [0.15, 0.2) is 0 Å². The van der Waals surface area contributed by atoms with E-state index >= 15 is 0 Å². The molecule has 1 aromatic heterocycles. The van der Waals surface area contributed by atoms with Crippen molar-refractivity contribution in [3.8, 4) is 0 Å². The molecule has 0 spiro atoms. The molecule has 0 bridgehead atoms. The molecule has 0 amide bonds. The summed E-state index contributed by atoms with van der Waals surface area (Å²) in [5.41, 5.74) is 6.17. The highest BCUT2D eigenvalue weighted by atomic mass is 32.2. The molecule has 0 aliphatic heterocycles. The topological polar surface area (TPSA) is 76.3 Å². The van der Waals surface area contributed by atoms with Crippen LogP contribution in [0, 0.1) is 5.92 Å². The molecule has 1 heterocycles. The molecule has 1 aliphatic carbocycles. The quantitative estimate of drug-likeness (QED) is 0.918. The fourth-order valence-electron chi connectivity index (χ4n) is 2.87. The summed E-state index contributed by atoms with van der Waals surface area (Å²) < 4.78 is 26.8. The zero-order valence-electron chi connectivity index (χ0n) is 12.1. The van der Waals surface area contributed by atoms with Gasteiger partial charge in [0, 0.05) is 25.8 Å². The number of rotatable bonds is 4. The summed E-state index contributed by atoms with van der Waals surface area (Å²) in [6.07, 6.45) is 5.72. The molecule has 2 atom stereocenters. The summed E-state index contributed by atoms with van der Waals surface area (Å²) in [5, 5.41) is 0. The maximum Gasteiger partial charge on any atom is 0.244 e. The minimum absolute atomic E-state index is 0.0861. The number of aromatic nitrogens is 1. The van der Waals surface area contributed by atoms with Gasteiger partial charge in [-0.2, -0.15) is 4.31 Å². The Morgan fingerprint density at radius 1 is 1.35 bits per heavy atom. The van der Waals surface area contributed by atoms with Gasteiger partial charge in [0.25, 0.3) is 0 Å². The van der Waals surface area contributed by atoms with Crippen molar-refractivity contribution in [2.24, 2.45) is 11.7 Å². The highest BCUT2D eigenvalue weighted by molar-refractivity contribution is 7.89. The van der Waals surface area contributed by atoms with E-state index in [0.717, 1.165) is 19.3 Å². The molecule has 2 rings (SSSR count). The molecular formula is C14H23N3O2S. The Labute approximate surface area is 121 Å². The Hall–Kier alpha value is -0.980. The average Bonchev–Trinajstić information content (AvgIpc) is 2.47. The van der Waals surface area contributed by atoms with Crippen LogP contribution in [0.4, 0.5) is 0 Å². The zero-order chi connectivity index (χ0) is 14.8. The third-order valence-corrected chi connectivity index (χ3v) is 6.08. The molecule has 2 N–H and O–H groups in total. The second-order valence-corrected chi connectivity index (χ2v) is 7.54. The first kappa shape index (κ1) is 15.4. The van der Waals surface area contributed by atoms with Crippen molar-refractivity contribution in [1.29, 1.82) is 0 Å².